The lowest BCUT2D eigenvalue weighted by Crippen LogP contribution is -2.40. The summed E-state index contributed by atoms with van der Waals surface area (Å²) in [5, 5.41) is 4.21. The summed E-state index contributed by atoms with van der Waals surface area (Å²) in [4.78, 5) is 10.9. The smallest absolute Gasteiger partial charge is 0.175 e. The summed E-state index contributed by atoms with van der Waals surface area (Å²) >= 11 is 0. The first-order chi connectivity index (χ1) is 5.25. The molecule has 0 aromatic heterocycles. The van der Waals surface area contributed by atoms with Crippen LogP contribution in [0, 0.1) is 0 Å². The largest absolute Gasteiger partial charge is 0.327 e. The van der Waals surface area contributed by atoms with Gasteiger partial charge in [0.05, 0.1) is 5.71 Å². The zero-order valence-electron chi connectivity index (χ0n) is 8.80. The summed E-state index contributed by atoms with van der Waals surface area (Å²) in [6.07, 6.45) is 0. The number of hydrazone groups is 1. The minimum absolute atomic E-state index is 0.0418. The highest BCUT2D eigenvalue weighted by Crippen LogP contribution is 2.06. The van der Waals surface area contributed by atoms with Crippen LogP contribution in [0.15, 0.2) is 5.10 Å². The van der Waals surface area contributed by atoms with E-state index in [0.717, 1.165) is 0 Å². The summed E-state index contributed by atoms with van der Waals surface area (Å²) in [5.74, 6) is 0.0418. The summed E-state index contributed by atoms with van der Waals surface area (Å²) in [6.45, 7) is 9.84. The first-order valence-corrected chi connectivity index (χ1v) is 7.50. The molecule has 0 amide bonds. The molecule has 0 aliphatic heterocycles. The van der Waals surface area contributed by atoms with E-state index < -0.39 is 8.24 Å². The van der Waals surface area contributed by atoms with Crippen molar-refractivity contribution in [2.45, 2.75) is 33.5 Å². The number of Topliss-reactive ketones (excluding diaryl/α,β-unsaturated/α-hetero) is 1. The van der Waals surface area contributed by atoms with E-state index in [2.05, 4.69) is 24.7 Å². The van der Waals surface area contributed by atoms with E-state index in [9.17, 15) is 4.79 Å². The molecule has 0 spiro atoms. The van der Waals surface area contributed by atoms with Gasteiger partial charge in [0.25, 0.3) is 0 Å². The minimum Gasteiger partial charge on any atom is -0.327 e. The van der Waals surface area contributed by atoms with E-state index in [0.29, 0.717) is 5.71 Å². The molecule has 0 heterocycles. The SMILES string of the molecule is CC(=O)/C(C)=N/N(C)[Si](C)(C)C. The maximum absolute atomic E-state index is 10.9. The summed E-state index contributed by atoms with van der Waals surface area (Å²) in [6, 6.07) is 0. The number of rotatable bonds is 3. The molecule has 12 heavy (non-hydrogen) atoms. The van der Waals surface area contributed by atoms with E-state index in [4.69, 9.17) is 0 Å². The lowest BCUT2D eigenvalue weighted by atomic mass is 10.3. The van der Waals surface area contributed by atoms with E-state index in [1.807, 2.05) is 11.7 Å². The van der Waals surface area contributed by atoms with Crippen LogP contribution in [0.3, 0.4) is 0 Å². The number of hydrogen-bond acceptors (Lipinski definition) is 3. The third-order valence-corrected chi connectivity index (χ3v) is 3.82. The van der Waals surface area contributed by atoms with Gasteiger partial charge in [-0.1, -0.05) is 19.6 Å². The predicted molar refractivity (Wildman–Crippen MR) is 54.9 cm³/mol. The van der Waals surface area contributed by atoms with Crippen molar-refractivity contribution in [1.29, 1.82) is 0 Å². The molecule has 4 heteroatoms. The molecule has 0 atom stereocenters. The molecule has 0 fully saturated rings. The number of nitrogens with zero attached hydrogens (tertiary/aromatic N) is 2. The van der Waals surface area contributed by atoms with E-state index >= 15 is 0 Å². The van der Waals surface area contributed by atoms with Crippen LogP contribution in [0.4, 0.5) is 0 Å². The highest BCUT2D eigenvalue weighted by Gasteiger charge is 2.19. The molecule has 0 unspecified atom stereocenters. The predicted octanol–water partition coefficient (Wildman–Crippen LogP) is 1.72. The minimum atomic E-state index is -1.38. The summed E-state index contributed by atoms with van der Waals surface area (Å²) < 4.78 is 1.93. The second-order valence-corrected chi connectivity index (χ2v) is 8.92. The Morgan fingerprint density at radius 1 is 1.25 bits per heavy atom. The summed E-state index contributed by atoms with van der Waals surface area (Å²) in [7, 11) is 0.554. The lowest BCUT2D eigenvalue weighted by molar-refractivity contribution is -0.111. The van der Waals surface area contributed by atoms with Gasteiger partial charge in [0, 0.05) is 14.0 Å². The highest BCUT2D eigenvalue weighted by atomic mass is 28.3. The molecule has 0 bridgehead atoms. The van der Waals surface area contributed by atoms with Crippen molar-refractivity contribution in [2.24, 2.45) is 5.10 Å². The van der Waals surface area contributed by atoms with Crippen molar-refractivity contribution in [3.8, 4) is 0 Å². The molecule has 0 aromatic rings. The Kier molecular flexibility index (Phi) is 3.64. The van der Waals surface area contributed by atoms with Gasteiger partial charge in [-0.15, -0.1) is 0 Å². The molecule has 0 saturated heterocycles. The normalized spacial score (nSPS) is 13.0. The van der Waals surface area contributed by atoms with E-state index in [-0.39, 0.29) is 5.78 Å². The maximum Gasteiger partial charge on any atom is 0.175 e. The molecule has 0 radical (unpaired) electrons. The van der Waals surface area contributed by atoms with Crippen LogP contribution in [0.25, 0.3) is 0 Å². The Balaban J connectivity index is 4.44. The Bertz CT molecular complexity index is 206. The van der Waals surface area contributed by atoms with Crippen LogP contribution >= 0.6 is 0 Å². The molecule has 3 nitrogen and oxygen atoms in total. The van der Waals surface area contributed by atoms with E-state index in [1.54, 1.807) is 6.92 Å². The third kappa shape index (κ3) is 3.66. The standard InChI is InChI=1S/C8H18N2OSi/c1-7(8(2)11)9-10(3)12(4,5)6/h1-6H3/b9-7+. The van der Waals surface area contributed by atoms with Crippen molar-refractivity contribution in [3.63, 3.8) is 0 Å². The van der Waals surface area contributed by atoms with Crippen molar-refractivity contribution in [3.05, 3.63) is 0 Å². The van der Waals surface area contributed by atoms with Crippen LogP contribution in [-0.4, -0.2) is 31.5 Å². The molecule has 0 saturated carbocycles. The van der Waals surface area contributed by atoms with Crippen molar-refractivity contribution < 1.29 is 4.79 Å². The number of hydrogen-bond donors (Lipinski definition) is 0. The van der Waals surface area contributed by atoms with Gasteiger partial charge in [0.2, 0.25) is 0 Å². The zero-order chi connectivity index (χ0) is 9.94. The molecule has 0 rings (SSSR count). The van der Waals surface area contributed by atoms with Gasteiger partial charge >= 0.3 is 0 Å². The molecule has 0 aliphatic rings. The maximum atomic E-state index is 10.9. The number of ketones is 1. The molecule has 70 valence electrons. The van der Waals surface area contributed by atoms with Gasteiger partial charge in [0.15, 0.2) is 14.0 Å². The fourth-order valence-corrected chi connectivity index (χ4v) is 0.895. The third-order valence-electron chi connectivity index (χ3n) is 1.78. The molecule has 0 aliphatic carbocycles. The van der Waals surface area contributed by atoms with Crippen molar-refractivity contribution in [1.82, 2.24) is 4.67 Å². The monoisotopic (exact) mass is 186 g/mol. The average Bonchev–Trinajstić information content (AvgIpc) is 1.85. The van der Waals surface area contributed by atoms with Gasteiger partial charge in [-0.2, -0.15) is 5.10 Å². The molecular weight excluding hydrogens is 168 g/mol. The fraction of sp³-hybridized carbons (Fsp3) is 0.750. The van der Waals surface area contributed by atoms with Gasteiger partial charge in [-0.3, -0.25) is 4.79 Å². The number of carbonyl (C=O) groups is 1. The second-order valence-electron chi connectivity index (χ2n) is 3.94. The Morgan fingerprint density at radius 2 is 1.67 bits per heavy atom. The molecule has 0 N–H and O–H groups in total. The van der Waals surface area contributed by atoms with Crippen LogP contribution < -0.4 is 0 Å². The molecular formula is C8H18N2OSi. The second kappa shape index (κ2) is 3.84. The molecule has 0 aromatic carbocycles. The van der Waals surface area contributed by atoms with Crippen molar-refractivity contribution in [2.75, 3.05) is 7.05 Å². The fourth-order valence-electron chi connectivity index (χ4n) is 0.445. The van der Waals surface area contributed by atoms with Crippen LogP contribution in [-0.2, 0) is 4.79 Å². The quantitative estimate of drug-likeness (QED) is 0.382. The van der Waals surface area contributed by atoms with Crippen molar-refractivity contribution >= 4 is 19.7 Å². The highest BCUT2D eigenvalue weighted by molar-refractivity contribution is 6.73. The first kappa shape index (κ1) is 11.4. The average molecular weight is 186 g/mol. The lowest BCUT2D eigenvalue weighted by Gasteiger charge is -2.27. The number of carbonyl (C=O) groups excluding carboxylic acids is 1. The Labute approximate surface area is 75.5 Å². The van der Waals surface area contributed by atoms with Crippen LogP contribution in [0.2, 0.25) is 19.6 Å². The summed E-state index contributed by atoms with van der Waals surface area (Å²) in [5.41, 5.74) is 0.583. The topological polar surface area (TPSA) is 32.7 Å². The Morgan fingerprint density at radius 3 is 1.92 bits per heavy atom. The van der Waals surface area contributed by atoms with Gasteiger partial charge in [-0.05, 0) is 6.92 Å². The van der Waals surface area contributed by atoms with E-state index in [1.165, 1.54) is 6.92 Å². The first-order valence-electron chi connectivity index (χ1n) is 4.05. The van der Waals surface area contributed by atoms with Crippen LogP contribution in [0.5, 0.6) is 0 Å². The Hall–Kier alpha value is -0.643. The van der Waals surface area contributed by atoms with Gasteiger partial charge in [0.1, 0.15) is 0 Å². The van der Waals surface area contributed by atoms with Crippen LogP contribution in [0.1, 0.15) is 13.8 Å². The van der Waals surface area contributed by atoms with Gasteiger partial charge in [-0.25, -0.2) is 0 Å². The van der Waals surface area contributed by atoms with Gasteiger partial charge < -0.3 is 4.67 Å². The zero-order valence-corrected chi connectivity index (χ0v) is 9.80.